The Kier molecular flexibility index (Phi) is 4.08. The quantitative estimate of drug-likeness (QED) is 0.801. The third-order valence-electron chi connectivity index (χ3n) is 3.22. The molecule has 0 aliphatic carbocycles. The van der Waals surface area contributed by atoms with Crippen LogP contribution in [0.4, 0.5) is 11.4 Å². The van der Waals surface area contributed by atoms with Crippen molar-refractivity contribution in [2.24, 2.45) is 0 Å². The van der Waals surface area contributed by atoms with E-state index in [0.717, 1.165) is 34.9 Å². The van der Waals surface area contributed by atoms with Gasteiger partial charge in [0.2, 0.25) is 0 Å². The summed E-state index contributed by atoms with van der Waals surface area (Å²) in [7, 11) is 0. The maximum Gasteiger partial charge on any atom is 0.255 e. The van der Waals surface area contributed by atoms with E-state index in [4.69, 9.17) is 0 Å². The fraction of sp³-hybridized carbons (Fsp3) is 0.333. The minimum Gasteiger partial charge on any atom is -0.385 e. The molecule has 0 saturated heterocycles. The van der Waals surface area contributed by atoms with Crippen LogP contribution in [0.15, 0.2) is 18.2 Å². The zero-order valence-electron chi connectivity index (χ0n) is 12.3. The summed E-state index contributed by atoms with van der Waals surface area (Å²) < 4.78 is 0. The number of hydrogen-bond donors (Lipinski definition) is 3. The van der Waals surface area contributed by atoms with Crippen LogP contribution in [0, 0.1) is 20.8 Å². The Hall–Kier alpha value is -2.30. The number of aromatic amines is 1. The lowest BCUT2D eigenvalue weighted by atomic mass is 10.1. The number of nitrogens with one attached hydrogen (secondary N) is 3. The summed E-state index contributed by atoms with van der Waals surface area (Å²) in [5, 5.41) is 13.1. The van der Waals surface area contributed by atoms with E-state index in [0.29, 0.717) is 5.56 Å². The van der Waals surface area contributed by atoms with E-state index in [1.165, 1.54) is 0 Å². The molecule has 3 N–H and O–H groups in total. The Balaban J connectivity index is 2.20. The first kappa shape index (κ1) is 14.1. The Morgan fingerprint density at radius 1 is 1.30 bits per heavy atom. The SMILES string of the molecule is CCNc1ccc(C(=O)Nc2c(C)n[nH]c2C)cc1C. The van der Waals surface area contributed by atoms with Crippen molar-refractivity contribution in [3.8, 4) is 0 Å². The molecule has 2 aromatic rings. The molecule has 0 bridgehead atoms. The molecule has 0 unspecified atom stereocenters. The van der Waals surface area contributed by atoms with Crippen molar-refractivity contribution in [3.05, 3.63) is 40.7 Å². The fourth-order valence-corrected chi connectivity index (χ4v) is 2.11. The zero-order valence-corrected chi connectivity index (χ0v) is 12.3. The van der Waals surface area contributed by atoms with E-state index < -0.39 is 0 Å². The van der Waals surface area contributed by atoms with E-state index in [-0.39, 0.29) is 5.91 Å². The molecule has 0 saturated carbocycles. The lowest BCUT2D eigenvalue weighted by molar-refractivity contribution is 0.102. The van der Waals surface area contributed by atoms with Gasteiger partial charge in [0.1, 0.15) is 0 Å². The predicted octanol–water partition coefficient (Wildman–Crippen LogP) is 3.02. The summed E-state index contributed by atoms with van der Waals surface area (Å²) in [6, 6.07) is 5.64. The highest BCUT2D eigenvalue weighted by Crippen LogP contribution is 2.20. The summed E-state index contributed by atoms with van der Waals surface area (Å²) >= 11 is 0. The van der Waals surface area contributed by atoms with E-state index in [9.17, 15) is 4.79 Å². The highest BCUT2D eigenvalue weighted by molar-refractivity contribution is 6.05. The second-order valence-electron chi connectivity index (χ2n) is 4.82. The van der Waals surface area contributed by atoms with Gasteiger partial charge >= 0.3 is 0 Å². The zero-order chi connectivity index (χ0) is 14.7. The molecule has 0 radical (unpaired) electrons. The highest BCUT2D eigenvalue weighted by atomic mass is 16.1. The van der Waals surface area contributed by atoms with E-state index in [1.807, 2.05) is 45.9 Å². The maximum absolute atomic E-state index is 12.3. The average Bonchev–Trinajstić information content (AvgIpc) is 2.73. The number of anilines is 2. The number of aromatic nitrogens is 2. The molecular formula is C15H20N4O. The van der Waals surface area contributed by atoms with Crippen molar-refractivity contribution in [1.29, 1.82) is 0 Å². The van der Waals surface area contributed by atoms with Crippen molar-refractivity contribution >= 4 is 17.3 Å². The largest absolute Gasteiger partial charge is 0.385 e. The van der Waals surface area contributed by atoms with Gasteiger partial charge in [0.25, 0.3) is 5.91 Å². The van der Waals surface area contributed by atoms with Gasteiger partial charge in [-0.25, -0.2) is 0 Å². The molecule has 0 atom stereocenters. The number of benzene rings is 1. The summed E-state index contributed by atoms with van der Waals surface area (Å²) in [5.74, 6) is -0.122. The van der Waals surface area contributed by atoms with E-state index >= 15 is 0 Å². The van der Waals surface area contributed by atoms with Crippen LogP contribution in [-0.4, -0.2) is 22.6 Å². The van der Waals surface area contributed by atoms with Crippen LogP contribution in [0.1, 0.15) is 34.2 Å². The number of rotatable bonds is 4. The first-order valence-corrected chi connectivity index (χ1v) is 6.70. The smallest absolute Gasteiger partial charge is 0.255 e. The Labute approximate surface area is 118 Å². The topological polar surface area (TPSA) is 69.8 Å². The molecule has 0 spiro atoms. The first-order valence-electron chi connectivity index (χ1n) is 6.70. The Bertz CT molecular complexity index is 611. The number of nitrogens with zero attached hydrogens (tertiary/aromatic N) is 1. The van der Waals surface area contributed by atoms with Crippen LogP contribution < -0.4 is 10.6 Å². The van der Waals surface area contributed by atoms with Crippen molar-refractivity contribution in [3.63, 3.8) is 0 Å². The summed E-state index contributed by atoms with van der Waals surface area (Å²) in [6.07, 6.45) is 0. The fourth-order valence-electron chi connectivity index (χ4n) is 2.11. The molecule has 0 fully saturated rings. The molecule has 1 amide bonds. The molecule has 106 valence electrons. The van der Waals surface area contributed by atoms with Crippen LogP contribution in [0.25, 0.3) is 0 Å². The van der Waals surface area contributed by atoms with Crippen LogP contribution in [0.2, 0.25) is 0 Å². The minimum atomic E-state index is -0.122. The predicted molar refractivity (Wildman–Crippen MR) is 81.4 cm³/mol. The summed E-state index contributed by atoms with van der Waals surface area (Å²) in [4.78, 5) is 12.3. The van der Waals surface area contributed by atoms with Gasteiger partial charge < -0.3 is 10.6 Å². The van der Waals surface area contributed by atoms with Crippen LogP contribution in [-0.2, 0) is 0 Å². The van der Waals surface area contributed by atoms with Crippen LogP contribution >= 0.6 is 0 Å². The molecule has 1 heterocycles. The van der Waals surface area contributed by atoms with Gasteiger partial charge in [-0.3, -0.25) is 9.89 Å². The van der Waals surface area contributed by atoms with Gasteiger partial charge in [0.05, 0.1) is 17.1 Å². The van der Waals surface area contributed by atoms with Gasteiger partial charge in [-0.2, -0.15) is 5.10 Å². The Morgan fingerprint density at radius 3 is 2.60 bits per heavy atom. The lowest BCUT2D eigenvalue weighted by Crippen LogP contribution is -2.13. The molecule has 2 rings (SSSR count). The second-order valence-corrected chi connectivity index (χ2v) is 4.82. The molecule has 5 heteroatoms. The van der Waals surface area contributed by atoms with Gasteiger partial charge in [-0.15, -0.1) is 0 Å². The van der Waals surface area contributed by atoms with E-state index in [1.54, 1.807) is 0 Å². The first-order chi connectivity index (χ1) is 9.52. The van der Waals surface area contributed by atoms with Gasteiger partial charge in [0, 0.05) is 17.8 Å². The lowest BCUT2D eigenvalue weighted by Gasteiger charge is -2.10. The molecular weight excluding hydrogens is 252 g/mol. The Morgan fingerprint density at radius 2 is 2.05 bits per heavy atom. The number of hydrogen-bond acceptors (Lipinski definition) is 3. The average molecular weight is 272 g/mol. The minimum absolute atomic E-state index is 0.122. The number of aryl methyl sites for hydroxylation is 3. The summed E-state index contributed by atoms with van der Waals surface area (Å²) in [6.45, 7) is 8.64. The molecule has 1 aromatic heterocycles. The number of H-pyrrole nitrogens is 1. The third-order valence-corrected chi connectivity index (χ3v) is 3.22. The molecule has 1 aromatic carbocycles. The third kappa shape index (κ3) is 2.82. The van der Waals surface area contributed by atoms with Gasteiger partial charge in [-0.1, -0.05) is 0 Å². The van der Waals surface area contributed by atoms with Crippen molar-refractivity contribution in [1.82, 2.24) is 10.2 Å². The van der Waals surface area contributed by atoms with Crippen LogP contribution in [0.3, 0.4) is 0 Å². The van der Waals surface area contributed by atoms with Gasteiger partial charge in [0.15, 0.2) is 0 Å². The van der Waals surface area contributed by atoms with Crippen molar-refractivity contribution in [2.45, 2.75) is 27.7 Å². The molecule has 20 heavy (non-hydrogen) atoms. The number of carbonyl (C=O) groups excluding carboxylic acids is 1. The highest BCUT2D eigenvalue weighted by Gasteiger charge is 2.12. The number of amides is 1. The molecule has 0 aliphatic rings. The summed E-state index contributed by atoms with van der Waals surface area (Å²) in [5.41, 5.74) is 5.15. The normalized spacial score (nSPS) is 10.4. The molecule has 0 aliphatic heterocycles. The van der Waals surface area contributed by atoms with E-state index in [2.05, 4.69) is 20.8 Å². The van der Waals surface area contributed by atoms with Gasteiger partial charge in [-0.05, 0) is 51.5 Å². The van der Waals surface area contributed by atoms with Crippen molar-refractivity contribution < 1.29 is 4.79 Å². The molecule has 5 nitrogen and oxygen atoms in total. The van der Waals surface area contributed by atoms with Crippen LogP contribution in [0.5, 0.6) is 0 Å². The van der Waals surface area contributed by atoms with Crippen molar-refractivity contribution in [2.75, 3.05) is 17.2 Å². The number of carbonyl (C=O) groups is 1. The maximum atomic E-state index is 12.3. The standard InChI is InChI=1S/C15H20N4O/c1-5-16-13-7-6-12(8-9(13)2)15(20)17-14-10(3)18-19-11(14)4/h6-8,16H,5H2,1-4H3,(H,17,20)(H,18,19). The monoisotopic (exact) mass is 272 g/mol. The second kappa shape index (κ2) is 5.77.